The molecule has 2 rings (SSSR count). The van der Waals surface area contributed by atoms with E-state index in [0.29, 0.717) is 5.82 Å². The van der Waals surface area contributed by atoms with Gasteiger partial charge in [-0.3, -0.25) is 4.79 Å². The summed E-state index contributed by atoms with van der Waals surface area (Å²) >= 11 is 0. The first-order valence-corrected chi connectivity index (χ1v) is 5.80. The molecule has 0 saturated heterocycles. The summed E-state index contributed by atoms with van der Waals surface area (Å²) < 4.78 is 18.9. The van der Waals surface area contributed by atoms with Gasteiger partial charge in [-0.2, -0.15) is 4.98 Å². The first kappa shape index (κ1) is 13.1. The minimum atomic E-state index is -0.604. The molecule has 19 heavy (non-hydrogen) atoms. The Morgan fingerprint density at radius 1 is 1.42 bits per heavy atom. The quantitative estimate of drug-likeness (QED) is 0.833. The van der Waals surface area contributed by atoms with E-state index in [4.69, 9.17) is 10.5 Å². The van der Waals surface area contributed by atoms with Gasteiger partial charge >= 0.3 is 0 Å². The molecule has 0 radical (unpaired) electrons. The van der Waals surface area contributed by atoms with Crippen LogP contribution in [0.5, 0.6) is 11.6 Å². The number of benzene rings is 1. The van der Waals surface area contributed by atoms with Crippen LogP contribution in [0.3, 0.4) is 0 Å². The number of nitrogen functional groups attached to an aromatic ring is 1. The molecule has 0 aliphatic heterocycles. The van der Waals surface area contributed by atoms with Crippen molar-refractivity contribution in [3.8, 4) is 11.6 Å². The van der Waals surface area contributed by atoms with Crippen molar-refractivity contribution < 1.29 is 9.13 Å². The van der Waals surface area contributed by atoms with Crippen LogP contribution in [0, 0.1) is 5.82 Å². The summed E-state index contributed by atoms with van der Waals surface area (Å²) in [5, 5.41) is 0. The molecule has 0 spiro atoms. The Kier molecular flexibility index (Phi) is 3.50. The number of nitrogens with two attached hydrogens (primary N) is 1. The van der Waals surface area contributed by atoms with Crippen LogP contribution in [0.4, 0.5) is 10.1 Å². The summed E-state index contributed by atoms with van der Waals surface area (Å²) in [6.45, 7) is 3.75. The highest BCUT2D eigenvalue weighted by Gasteiger charge is 2.12. The molecule has 5 nitrogen and oxygen atoms in total. The van der Waals surface area contributed by atoms with Crippen LogP contribution >= 0.6 is 0 Å². The average molecular weight is 263 g/mol. The van der Waals surface area contributed by atoms with Crippen LogP contribution in [0.25, 0.3) is 0 Å². The van der Waals surface area contributed by atoms with E-state index in [1.54, 1.807) is 0 Å². The fraction of sp³-hybridized carbons (Fsp3) is 0.231. The predicted octanol–water partition coefficient (Wildman–Crippen LogP) is 2.41. The second kappa shape index (κ2) is 5.09. The van der Waals surface area contributed by atoms with E-state index >= 15 is 0 Å². The van der Waals surface area contributed by atoms with Crippen molar-refractivity contribution in [1.82, 2.24) is 9.97 Å². The summed E-state index contributed by atoms with van der Waals surface area (Å²) in [5.41, 5.74) is 5.42. The maximum atomic E-state index is 13.6. The fourth-order valence-electron chi connectivity index (χ4n) is 1.52. The summed E-state index contributed by atoms with van der Waals surface area (Å²) in [6.07, 6.45) is 0. The third kappa shape index (κ3) is 2.90. The second-order valence-electron chi connectivity index (χ2n) is 4.38. The topological polar surface area (TPSA) is 81.0 Å². The van der Waals surface area contributed by atoms with Gasteiger partial charge in [0.05, 0.1) is 11.8 Å². The summed E-state index contributed by atoms with van der Waals surface area (Å²) in [4.78, 5) is 18.2. The van der Waals surface area contributed by atoms with Crippen LogP contribution < -0.4 is 16.0 Å². The van der Waals surface area contributed by atoms with Crippen molar-refractivity contribution in [2.24, 2.45) is 0 Å². The largest absolute Gasteiger partial charge is 0.433 e. The first-order chi connectivity index (χ1) is 8.97. The molecule has 1 aromatic carbocycles. The van der Waals surface area contributed by atoms with Crippen molar-refractivity contribution in [3.05, 3.63) is 46.3 Å². The minimum Gasteiger partial charge on any atom is -0.433 e. The summed E-state index contributed by atoms with van der Waals surface area (Å²) in [5.74, 6) is -0.223. The zero-order chi connectivity index (χ0) is 14.0. The van der Waals surface area contributed by atoms with Gasteiger partial charge in [-0.15, -0.1) is 0 Å². The molecular weight excluding hydrogens is 249 g/mol. The average Bonchev–Trinajstić information content (AvgIpc) is 2.33. The van der Waals surface area contributed by atoms with Gasteiger partial charge in [0, 0.05) is 5.92 Å². The van der Waals surface area contributed by atoms with Crippen LogP contribution in [-0.2, 0) is 0 Å². The molecule has 0 aliphatic rings. The van der Waals surface area contributed by atoms with Gasteiger partial charge in [-0.25, -0.2) is 4.39 Å². The molecule has 0 atom stereocenters. The number of anilines is 1. The maximum absolute atomic E-state index is 13.6. The lowest BCUT2D eigenvalue weighted by molar-refractivity contribution is 0.425. The lowest BCUT2D eigenvalue weighted by atomic mass is 10.2. The Morgan fingerprint density at radius 2 is 2.16 bits per heavy atom. The van der Waals surface area contributed by atoms with Gasteiger partial charge in [-0.05, 0) is 12.1 Å². The van der Waals surface area contributed by atoms with Gasteiger partial charge < -0.3 is 15.5 Å². The van der Waals surface area contributed by atoms with Gasteiger partial charge in [0.1, 0.15) is 5.82 Å². The van der Waals surface area contributed by atoms with E-state index in [1.165, 1.54) is 18.2 Å². The van der Waals surface area contributed by atoms with Crippen molar-refractivity contribution >= 4 is 5.69 Å². The number of aromatic amines is 1. The number of H-pyrrole nitrogens is 1. The highest BCUT2D eigenvalue weighted by molar-refractivity contribution is 5.53. The molecule has 1 heterocycles. The number of hydrogen-bond donors (Lipinski definition) is 2. The number of rotatable bonds is 3. The molecule has 0 amide bonds. The Labute approximate surface area is 109 Å². The Morgan fingerprint density at radius 3 is 2.79 bits per heavy atom. The standard InChI is InChI=1S/C13H14FN3O2/c1-7(2)13-16-10(18)6-11(17-13)19-12-8(14)4-3-5-9(12)15/h3-7H,15H2,1-2H3,(H,16,17,18). The normalized spacial score (nSPS) is 10.7. The lowest BCUT2D eigenvalue weighted by Gasteiger charge is -2.10. The highest BCUT2D eigenvalue weighted by Crippen LogP contribution is 2.28. The SMILES string of the molecule is CC(C)c1nc(Oc2c(N)cccc2F)cc(=O)[nH]1. The van der Waals surface area contributed by atoms with Gasteiger partial charge in [0.25, 0.3) is 5.56 Å². The first-order valence-electron chi connectivity index (χ1n) is 5.80. The second-order valence-corrected chi connectivity index (χ2v) is 4.38. The molecule has 3 N–H and O–H groups in total. The summed E-state index contributed by atoms with van der Waals surface area (Å²) in [7, 11) is 0. The van der Waals surface area contributed by atoms with E-state index in [0.717, 1.165) is 6.07 Å². The van der Waals surface area contributed by atoms with Crippen LogP contribution in [0.2, 0.25) is 0 Å². The summed E-state index contributed by atoms with van der Waals surface area (Å²) in [6, 6.07) is 5.36. The fourth-order valence-corrected chi connectivity index (χ4v) is 1.52. The van der Waals surface area contributed by atoms with Crippen molar-refractivity contribution in [1.29, 1.82) is 0 Å². The third-order valence-corrected chi connectivity index (χ3v) is 2.49. The molecule has 1 aromatic heterocycles. The molecule has 0 fully saturated rings. The maximum Gasteiger partial charge on any atom is 0.254 e. The third-order valence-electron chi connectivity index (χ3n) is 2.49. The van der Waals surface area contributed by atoms with Gasteiger partial charge in [0.15, 0.2) is 11.6 Å². The van der Waals surface area contributed by atoms with E-state index in [9.17, 15) is 9.18 Å². The van der Waals surface area contributed by atoms with Gasteiger partial charge in [0.2, 0.25) is 5.88 Å². The monoisotopic (exact) mass is 263 g/mol. The van der Waals surface area contributed by atoms with Crippen LogP contribution in [0.15, 0.2) is 29.1 Å². The van der Waals surface area contributed by atoms with E-state index in [-0.39, 0.29) is 28.8 Å². The van der Waals surface area contributed by atoms with Crippen LogP contribution in [0.1, 0.15) is 25.6 Å². The molecule has 100 valence electrons. The number of para-hydroxylation sites is 1. The Hall–Kier alpha value is -2.37. The molecule has 2 aromatic rings. The van der Waals surface area contributed by atoms with E-state index in [2.05, 4.69) is 9.97 Å². The number of ether oxygens (including phenoxy) is 1. The van der Waals surface area contributed by atoms with Gasteiger partial charge in [-0.1, -0.05) is 19.9 Å². The zero-order valence-corrected chi connectivity index (χ0v) is 10.6. The number of nitrogens with zero attached hydrogens (tertiary/aromatic N) is 1. The minimum absolute atomic E-state index is 0.0178. The highest BCUT2D eigenvalue weighted by atomic mass is 19.1. The Bertz CT molecular complexity index is 632. The molecule has 0 bridgehead atoms. The van der Waals surface area contributed by atoms with Crippen molar-refractivity contribution in [2.75, 3.05) is 5.73 Å². The smallest absolute Gasteiger partial charge is 0.254 e. The zero-order valence-electron chi connectivity index (χ0n) is 10.6. The van der Waals surface area contributed by atoms with Crippen molar-refractivity contribution in [2.45, 2.75) is 19.8 Å². The number of halogens is 1. The molecular formula is C13H14FN3O2. The van der Waals surface area contributed by atoms with Crippen LogP contribution in [-0.4, -0.2) is 9.97 Å². The molecule has 0 saturated carbocycles. The van der Waals surface area contributed by atoms with Crippen molar-refractivity contribution in [3.63, 3.8) is 0 Å². The lowest BCUT2D eigenvalue weighted by Crippen LogP contribution is -2.12. The molecule has 6 heteroatoms. The number of nitrogens with one attached hydrogen (secondary N) is 1. The predicted molar refractivity (Wildman–Crippen MR) is 69.8 cm³/mol. The van der Waals surface area contributed by atoms with E-state index < -0.39 is 5.82 Å². The number of aromatic nitrogens is 2. The Balaban J connectivity index is 2.41. The molecule has 0 aliphatic carbocycles. The number of hydrogen-bond acceptors (Lipinski definition) is 4. The molecule has 0 unspecified atom stereocenters. The van der Waals surface area contributed by atoms with E-state index in [1.807, 2.05) is 13.8 Å².